The van der Waals surface area contributed by atoms with Gasteiger partial charge in [0.2, 0.25) is 10.0 Å². The summed E-state index contributed by atoms with van der Waals surface area (Å²) in [6.45, 7) is 1.85. The second kappa shape index (κ2) is 7.22. The fraction of sp³-hybridized carbons (Fsp3) is 0.333. The number of carboxylic acids is 1. The average molecular weight is 396 g/mol. The second-order valence-corrected chi connectivity index (χ2v) is 7.15. The van der Waals surface area contributed by atoms with Crippen molar-refractivity contribution in [3.05, 3.63) is 27.2 Å². The molecule has 0 aliphatic heterocycles. The maximum absolute atomic E-state index is 12.5. The molecule has 9 heteroatoms. The van der Waals surface area contributed by atoms with E-state index < -0.39 is 16.0 Å². The van der Waals surface area contributed by atoms with Crippen molar-refractivity contribution in [2.75, 3.05) is 13.1 Å². The fourth-order valence-corrected chi connectivity index (χ4v) is 3.95. The zero-order valence-electron chi connectivity index (χ0n) is 11.0. The standard InChI is InChI=1S/C12H12BrClN2O4S/c1-2-16(5-3-4-15)21(19,20)8-6-9(12(17)18)11(14)10(13)7-8/h6-7H,2-3,5H2,1H3,(H,17,18). The minimum atomic E-state index is -3.89. The number of nitriles is 1. The number of nitrogens with zero attached hydrogens (tertiary/aromatic N) is 2. The van der Waals surface area contributed by atoms with Crippen molar-refractivity contribution in [1.82, 2.24) is 4.31 Å². The maximum Gasteiger partial charge on any atom is 0.337 e. The minimum Gasteiger partial charge on any atom is -0.478 e. The largest absolute Gasteiger partial charge is 0.478 e. The summed E-state index contributed by atoms with van der Waals surface area (Å²) in [6, 6.07) is 4.14. The Hall–Kier alpha value is -1.14. The lowest BCUT2D eigenvalue weighted by Crippen LogP contribution is -2.32. The molecule has 0 fully saturated rings. The molecule has 0 aliphatic carbocycles. The molecule has 0 saturated heterocycles. The Morgan fingerprint density at radius 1 is 1.52 bits per heavy atom. The number of sulfonamides is 1. The predicted molar refractivity (Wildman–Crippen MR) is 80.8 cm³/mol. The van der Waals surface area contributed by atoms with E-state index in [0.29, 0.717) is 0 Å². The zero-order chi connectivity index (χ0) is 16.2. The van der Waals surface area contributed by atoms with Crippen molar-refractivity contribution in [3.63, 3.8) is 0 Å². The summed E-state index contributed by atoms with van der Waals surface area (Å²) >= 11 is 8.88. The third-order valence-electron chi connectivity index (χ3n) is 2.70. The van der Waals surface area contributed by atoms with Crippen molar-refractivity contribution in [2.45, 2.75) is 18.2 Å². The van der Waals surface area contributed by atoms with Crippen LogP contribution in [0.3, 0.4) is 0 Å². The van der Waals surface area contributed by atoms with Crippen LogP contribution in [0, 0.1) is 11.3 Å². The van der Waals surface area contributed by atoms with Crippen molar-refractivity contribution in [3.8, 4) is 6.07 Å². The molecule has 0 saturated carbocycles. The van der Waals surface area contributed by atoms with Gasteiger partial charge in [0.25, 0.3) is 0 Å². The zero-order valence-corrected chi connectivity index (χ0v) is 14.2. The summed E-state index contributed by atoms with van der Waals surface area (Å²) in [4.78, 5) is 10.9. The molecule has 1 aromatic carbocycles. The quantitative estimate of drug-likeness (QED) is 0.798. The highest BCUT2D eigenvalue weighted by atomic mass is 79.9. The first kappa shape index (κ1) is 17.9. The molecule has 0 unspecified atom stereocenters. The molecule has 0 atom stereocenters. The summed E-state index contributed by atoms with van der Waals surface area (Å²) in [7, 11) is -3.89. The monoisotopic (exact) mass is 394 g/mol. The smallest absolute Gasteiger partial charge is 0.337 e. The van der Waals surface area contributed by atoms with Gasteiger partial charge in [-0.3, -0.25) is 0 Å². The Labute approximate surface area is 136 Å². The highest BCUT2D eigenvalue weighted by Crippen LogP contribution is 2.31. The molecular formula is C12H12BrClN2O4S. The molecule has 1 N–H and O–H groups in total. The van der Waals surface area contributed by atoms with Crippen LogP contribution in [0.5, 0.6) is 0 Å². The number of carboxylic acid groups (broad SMARTS) is 1. The number of hydrogen-bond donors (Lipinski definition) is 1. The molecule has 1 rings (SSSR count). The predicted octanol–water partition coefficient (Wildman–Crippen LogP) is 2.72. The van der Waals surface area contributed by atoms with E-state index in [2.05, 4.69) is 15.9 Å². The lowest BCUT2D eigenvalue weighted by atomic mass is 10.2. The van der Waals surface area contributed by atoms with E-state index in [4.69, 9.17) is 22.0 Å². The van der Waals surface area contributed by atoms with Gasteiger partial charge in [-0.15, -0.1) is 0 Å². The number of halogens is 2. The Morgan fingerprint density at radius 2 is 2.14 bits per heavy atom. The molecular weight excluding hydrogens is 384 g/mol. The molecule has 0 amide bonds. The first-order chi connectivity index (χ1) is 9.75. The Kier molecular flexibility index (Phi) is 6.16. The number of carbonyl (C=O) groups is 1. The van der Waals surface area contributed by atoms with E-state index in [-0.39, 0.29) is 39.5 Å². The highest BCUT2D eigenvalue weighted by molar-refractivity contribution is 9.10. The van der Waals surface area contributed by atoms with Gasteiger partial charge in [0.15, 0.2) is 0 Å². The first-order valence-electron chi connectivity index (χ1n) is 5.85. The average Bonchev–Trinajstić information content (AvgIpc) is 2.41. The Balaban J connectivity index is 3.38. The van der Waals surface area contributed by atoms with Gasteiger partial charge in [0, 0.05) is 24.0 Å². The summed E-state index contributed by atoms with van der Waals surface area (Å²) in [5.41, 5.74) is -0.305. The molecule has 1 aromatic rings. The number of aromatic carboxylic acids is 1. The van der Waals surface area contributed by atoms with Gasteiger partial charge < -0.3 is 5.11 Å². The van der Waals surface area contributed by atoms with Gasteiger partial charge in [-0.05, 0) is 28.1 Å². The van der Waals surface area contributed by atoms with E-state index in [1.165, 1.54) is 6.07 Å². The summed E-state index contributed by atoms with van der Waals surface area (Å²) in [6.07, 6.45) is 0.0492. The molecule has 0 aliphatic rings. The molecule has 21 heavy (non-hydrogen) atoms. The van der Waals surface area contributed by atoms with Crippen molar-refractivity contribution in [2.24, 2.45) is 0 Å². The molecule has 0 radical (unpaired) electrons. The van der Waals surface area contributed by atoms with Crippen LogP contribution in [0.15, 0.2) is 21.5 Å². The van der Waals surface area contributed by atoms with Crippen LogP contribution in [0.2, 0.25) is 5.02 Å². The van der Waals surface area contributed by atoms with Gasteiger partial charge in [0.1, 0.15) is 0 Å². The van der Waals surface area contributed by atoms with Crippen LogP contribution in [0.25, 0.3) is 0 Å². The third kappa shape index (κ3) is 3.95. The van der Waals surface area contributed by atoms with Crippen LogP contribution in [0.1, 0.15) is 23.7 Å². The van der Waals surface area contributed by atoms with Gasteiger partial charge in [-0.25, -0.2) is 13.2 Å². The SMILES string of the molecule is CCN(CCC#N)S(=O)(=O)c1cc(Br)c(Cl)c(C(=O)O)c1. The lowest BCUT2D eigenvalue weighted by Gasteiger charge is -2.20. The summed E-state index contributed by atoms with van der Waals surface area (Å²) in [5.74, 6) is -1.32. The van der Waals surface area contributed by atoms with E-state index in [1.807, 2.05) is 6.07 Å². The molecule has 0 spiro atoms. The van der Waals surface area contributed by atoms with E-state index in [0.717, 1.165) is 10.4 Å². The van der Waals surface area contributed by atoms with Crippen LogP contribution in [-0.2, 0) is 10.0 Å². The molecule has 114 valence electrons. The molecule has 0 aromatic heterocycles. The Bertz CT molecular complexity index is 700. The first-order valence-corrected chi connectivity index (χ1v) is 8.46. The van der Waals surface area contributed by atoms with E-state index in [1.54, 1.807) is 6.92 Å². The van der Waals surface area contributed by atoms with Gasteiger partial charge >= 0.3 is 5.97 Å². The van der Waals surface area contributed by atoms with Crippen molar-refractivity contribution >= 4 is 43.5 Å². The third-order valence-corrected chi connectivity index (χ3v) is 5.91. The van der Waals surface area contributed by atoms with Crippen LogP contribution < -0.4 is 0 Å². The van der Waals surface area contributed by atoms with Crippen molar-refractivity contribution < 1.29 is 18.3 Å². The fourth-order valence-electron chi connectivity index (χ4n) is 1.64. The van der Waals surface area contributed by atoms with Gasteiger partial charge in [-0.2, -0.15) is 9.57 Å². The summed E-state index contributed by atoms with van der Waals surface area (Å²) in [5, 5.41) is 17.6. The molecule has 0 bridgehead atoms. The van der Waals surface area contributed by atoms with Crippen LogP contribution in [-0.4, -0.2) is 36.9 Å². The topological polar surface area (TPSA) is 98.5 Å². The van der Waals surface area contributed by atoms with Crippen LogP contribution >= 0.6 is 27.5 Å². The summed E-state index contributed by atoms with van der Waals surface area (Å²) < 4.78 is 26.2. The number of hydrogen-bond acceptors (Lipinski definition) is 4. The molecule has 0 heterocycles. The maximum atomic E-state index is 12.5. The number of benzene rings is 1. The minimum absolute atomic E-state index is 0.0397. The number of rotatable bonds is 6. The normalized spacial score (nSPS) is 11.4. The van der Waals surface area contributed by atoms with Gasteiger partial charge in [0.05, 0.1) is 21.6 Å². The van der Waals surface area contributed by atoms with E-state index >= 15 is 0 Å². The van der Waals surface area contributed by atoms with Crippen molar-refractivity contribution in [1.29, 1.82) is 5.26 Å². The van der Waals surface area contributed by atoms with Crippen LogP contribution in [0.4, 0.5) is 0 Å². The van der Waals surface area contributed by atoms with Gasteiger partial charge in [-0.1, -0.05) is 18.5 Å². The second-order valence-electron chi connectivity index (χ2n) is 3.98. The Morgan fingerprint density at radius 3 is 2.62 bits per heavy atom. The van der Waals surface area contributed by atoms with E-state index in [9.17, 15) is 13.2 Å². The molecule has 6 nitrogen and oxygen atoms in total. The highest BCUT2D eigenvalue weighted by Gasteiger charge is 2.26. The lowest BCUT2D eigenvalue weighted by molar-refractivity contribution is 0.0696.